The Morgan fingerprint density at radius 3 is 1.74 bits per heavy atom. The maximum atomic E-state index is 10.7. The normalized spacial score (nSPS) is 11.8. The zero-order valence-corrected chi connectivity index (χ0v) is 21.9. The van der Waals surface area contributed by atoms with Crippen molar-refractivity contribution in [1.82, 2.24) is 0 Å². The number of phenols is 4. The number of hydrogen-bond acceptors (Lipinski definition) is 7. The Kier molecular flexibility index (Phi) is 7.31. The van der Waals surface area contributed by atoms with E-state index in [1.54, 1.807) is 18.7 Å². The molecule has 0 atom stereocenters. The molecule has 0 saturated heterocycles. The minimum absolute atomic E-state index is 0.0809. The van der Waals surface area contributed by atoms with E-state index in [-0.39, 0.29) is 13.2 Å². The van der Waals surface area contributed by atoms with Crippen molar-refractivity contribution < 1.29 is 30.2 Å². The number of hydrogen-bond donors (Lipinski definition) is 5. The Morgan fingerprint density at radius 1 is 0.658 bits per heavy atom. The molecule has 38 heavy (non-hydrogen) atoms. The third kappa shape index (κ3) is 5.42. The van der Waals surface area contributed by atoms with Gasteiger partial charge in [-0.15, -0.1) is 0 Å². The minimum Gasteiger partial charge on any atom is -0.504 e. The number of benzene rings is 4. The van der Waals surface area contributed by atoms with Crippen molar-refractivity contribution in [2.45, 2.75) is 38.9 Å². The van der Waals surface area contributed by atoms with Crippen LogP contribution in [0, 0.1) is 0 Å². The molecule has 0 unspecified atom stereocenters. The highest BCUT2D eigenvalue weighted by molar-refractivity contribution is 6.47. The number of phenolic OH excluding ortho intramolecular Hbond substituents is 4. The fourth-order valence-corrected chi connectivity index (χ4v) is 3.83. The van der Waals surface area contributed by atoms with Gasteiger partial charge in [0.25, 0.3) is 0 Å². The molecule has 0 aromatic heterocycles. The third-order valence-electron chi connectivity index (χ3n) is 6.95. The van der Waals surface area contributed by atoms with Gasteiger partial charge < -0.3 is 35.1 Å². The maximum Gasteiger partial charge on any atom is 0.309 e. The van der Waals surface area contributed by atoms with Crippen molar-refractivity contribution in [2.24, 2.45) is 0 Å². The van der Waals surface area contributed by atoms with Crippen molar-refractivity contribution >= 4 is 30.0 Å². The van der Waals surface area contributed by atoms with E-state index in [4.69, 9.17) is 4.65 Å². The molecule has 7 nitrogen and oxygen atoms in total. The van der Waals surface area contributed by atoms with Crippen LogP contribution in [-0.4, -0.2) is 44.2 Å². The average molecular weight is 513 g/mol. The summed E-state index contributed by atoms with van der Waals surface area (Å²) in [5.41, 5.74) is 2.47. The SMILES string of the molecule is CC(C)(O)C(C)(C)OBc1ccc(N(c2ccc(-c3ccccc3)cc2)c2cc(O)c(O)c(O)c2O)cc1. The first kappa shape index (κ1) is 26.9. The van der Waals surface area contributed by atoms with Crippen LogP contribution in [0.3, 0.4) is 0 Å². The summed E-state index contributed by atoms with van der Waals surface area (Å²) in [7, 11) is 0.273. The van der Waals surface area contributed by atoms with Gasteiger partial charge in [0.05, 0.1) is 16.9 Å². The predicted octanol–water partition coefficient (Wildman–Crippen LogP) is 5.19. The van der Waals surface area contributed by atoms with Gasteiger partial charge in [-0.25, -0.2) is 0 Å². The molecule has 4 aromatic carbocycles. The van der Waals surface area contributed by atoms with Gasteiger partial charge in [0.2, 0.25) is 11.5 Å². The minimum atomic E-state index is -1.03. The van der Waals surface area contributed by atoms with Gasteiger partial charge in [-0.2, -0.15) is 0 Å². The molecule has 0 spiro atoms. The van der Waals surface area contributed by atoms with E-state index >= 15 is 0 Å². The maximum absolute atomic E-state index is 10.7. The number of aromatic hydroxyl groups is 4. The molecular formula is C30H32BNO6. The van der Waals surface area contributed by atoms with E-state index in [2.05, 4.69) is 0 Å². The molecule has 5 N–H and O–H groups in total. The molecule has 0 amide bonds. The Labute approximate surface area is 223 Å². The number of nitrogens with zero attached hydrogens (tertiary/aromatic N) is 1. The summed E-state index contributed by atoms with van der Waals surface area (Å²) >= 11 is 0. The molecule has 0 radical (unpaired) electrons. The molecule has 0 fully saturated rings. The largest absolute Gasteiger partial charge is 0.504 e. The summed E-state index contributed by atoms with van der Waals surface area (Å²) in [5, 5.41) is 51.4. The molecule has 0 aliphatic heterocycles. The van der Waals surface area contributed by atoms with Crippen LogP contribution in [0.1, 0.15) is 27.7 Å². The fourth-order valence-electron chi connectivity index (χ4n) is 3.83. The van der Waals surface area contributed by atoms with Gasteiger partial charge in [-0.3, -0.25) is 0 Å². The molecule has 4 aromatic rings. The average Bonchev–Trinajstić information content (AvgIpc) is 2.90. The number of rotatable bonds is 8. The summed E-state index contributed by atoms with van der Waals surface area (Å²) in [6.45, 7) is 7.06. The fraction of sp³-hybridized carbons (Fsp3) is 0.200. The smallest absolute Gasteiger partial charge is 0.309 e. The van der Waals surface area contributed by atoms with Crippen LogP contribution in [0.5, 0.6) is 23.0 Å². The molecule has 4 rings (SSSR count). The van der Waals surface area contributed by atoms with Gasteiger partial charge in [-0.1, -0.05) is 60.1 Å². The van der Waals surface area contributed by atoms with Crippen LogP contribution in [0.15, 0.2) is 84.9 Å². The second-order valence-electron chi connectivity index (χ2n) is 10.2. The summed E-state index contributed by atoms with van der Waals surface area (Å²) in [6.07, 6.45) is 0. The van der Waals surface area contributed by atoms with Crippen LogP contribution in [0.25, 0.3) is 11.1 Å². The third-order valence-corrected chi connectivity index (χ3v) is 6.95. The van der Waals surface area contributed by atoms with Crippen LogP contribution < -0.4 is 10.4 Å². The zero-order valence-electron chi connectivity index (χ0n) is 21.9. The van der Waals surface area contributed by atoms with E-state index in [9.17, 15) is 25.5 Å². The Bertz CT molecular complexity index is 1400. The summed E-state index contributed by atoms with van der Waals surface area (Å²) in [6, 6.07) is 26.1. The van der Waals surface area contributed by atoms with E-state index in [1.165, 1.54) is 6.07 Å². The van der Waals surface area contributed by atoms with E-state index in [0.29, 0.717) is 11.4 Å². The zero-order chi connectivity index (χ0) is 27.7. The lowest BCUT2D eigenvalue weighted by atomic mass is 9.82. The second-order valence-corrected chi connectivity index (χ2v) is 10.2. The van der Waals surface area contributed by atoms with Crippen molar-refractivity contribution in [3.63, 3.8) is 0 Å². The molecule has 0 bridgehead atoms. The molecular weight excluding hydrogens is 481 g/mol. The number of anilines is 3. The van der Waals surface area contributed by atoms with Crippen molar-refractivity contribution in [2.75, 3.05) is 4.90 Å². The van der Waals surface area contributed by atoms with Gasteiger partial charge >= 0.3 is 7.48 Å². The molecule has 196 valence electrons. The quantitative estimate of drug-likeness (QED) is 0.125. The Morgan fingerprint density at radius 2 is 1.18 bits per heavy atom. The summed E-state index contributed by atoms with van der Waals surface area (Å²) in [5.74, 6) is -2.76. The van der Waals surface area contributed by atoms with E-state index in [1.807, 2.05) is 92.7 Å². The second kappa shape index (κ2) is 10.3. The number of aliphatic hydroxyl groups is 1. The lowest BCUT2D eigenvalue weighted by Gasteiger charge is -2.37. The topological polar surface area (TPSA) is 114 Å². The Hall–Kier alpha value is -4.14. The first-order chi connectivity index (χ1) is 17.9. The standard InChI is InChI=1S/C30H32BNO6/c1-29(2,37)30(3,4)38-31-21-12-16-23(17-13-21)32(24-18-25(33)27(35)28(36)26(24)34)22-14-10-20(11-15-22)19-8-6-5-7-9-19/h5-18,31,33-37H,1-4H3. The van der Waals surface area contributed by atoms with Gasteiger partial charge in [0, 0.05) is 17.4 Å². The van der Waals surface area contributed by atoms with E-state index in [0.717, 1.165) is 16.6 Å². The lowest BCUT2D eigenvalue weighted by molar-refractivity contribution is -0.0893. The van der Waals surface area contributed by atoms with Gasteiger partial charge in [-0.05, 0) is 63.1 Å². The predicted molar refractivity (Wildman–Crippen MR) is 151 cm³/mol. The monoisotopic (exact) mass is 513 g/mol. The van der Waals surface area contributed by atoms with Crippen molar-refractivity contribution in [3.8, 4) is 34.1 Å². The van der Waals surface area contributed by atoms with Crippen LogP contribution in [0.2, 0.25) is 0 Å². The highest BCUT2D eigenvalue weighted by atomic mass is 16.5. The van der Waals surface area contributed by atoms with Crippen LogP contribution >= 0.6 is 0 Å². The first-order valence-electron chi connectivity index (χ1n) is 12.3. The van der Waals surface area contributed by atoms with Crippen LogP contribution in [0.4, 0.5) is 17.1 Å². The van der Waals surface area contributed by atoms with Crippen molar-refractivity contribution in [3.05, 3.63) is 84.9 Å². The lowest BCUT2D eigenvalue weighted by Crippen LogP contribution is -2.49. The molecule has 0 heterocycles. The molecule has 8 heteroatoms. The van der Waals surface area contributed by atoms with Crippen LogP contribution in [-0.2, 0) is 4.65 Å². The van der Waals surface area contributed by atoms with Crippen molar-refractivity contribution in [1.29, 1.82) is 0 Å². The first-order valence-corrected chi connectivity index (χ1v) is 12.3. The van der Waals surface area contributed by atoms with Gasteiger partial charge in [0.1, 0.15) is 0 Å². The highest BCUT2D eigenvalue weighted by Crippen LogP contribution is 2.51. The summed E-state index contributed by atoms with van der Waals surface area (Å²) in [4.78, 5) is 1.66. The summed E-state index contributed by atoms with van der Waals surface area (Å²) < 4.78 is 5.97. The molecule has 0 aliphatic carbocycles. The van der Waals surface area contributed by atoms with E-state index < -0.39 is 34.2 Å². The Balaban J connectivity index is 1.72. The molecule has 0 aliphatic rings. The van der Waals surface area contributed by atoms with Gasteiger partial charge in [0.15, 0.2) is 11.5 Å². The molecule has 0 saturated carbocycles. The highest BCUT2D eigenvalue weighted by Gasteiger charge is 2.35.